The number of carbonyl (C=O) groups is 1. The molecule has 4 nitrogen and oxygen atoms in total. The van der Waals surface area contributed by atoms with E-state index in [0.29, 0.717) is 5.92 Å². The molecule has 1 rings (SSSR count). The van der Waals surface area contributed by atoms with E-state index in [1.165, 1.54) is 5.56 Å². The van der Waals surface area contributed by atoms with Gasteiger partial charge in [0.25, 0.3) is 0 Å². The second-order valence-electron chi connectivity index (χ2n) is 3.38. The van der Waals surface area contributed by atoms with Gasteiger partial charge in [0.2, 0.25) is 0 Å². The number of halogens is 1. The van der Waals surface area contributed by atoms with Gasteiger partial charge in [-0.15, -0.1) is 12.4 Å². The number of anilines is 1. The van der Waals surface area contributed by atoms with Crippen LogP contribution in [0.3, 0.4) is 0 Å². The van der Waals surface area contributed by atoms with Crippen molar-refractivity contribution in [2.75, 3.05) is 5.32 Å². The molecule has 0 bridgehead atoms. The third kappa shape index (κ3) is 4.18. The first-order chi connectivity index (χ1) is 6.63. The van der Waals surface area contributed by atoms with Gasteiger partial charge in [0.05, 0.1) is 0 Å². The predicted octanol–water partition coefficient (Wildman–Crippen LogP) is 2.23. The molecule has 0 atom stereocenters. The summed E-state index contributed by atoms with van der Waals surface area (Å²) in [5.74, 6) is 5.43. The topological polar surface area (TPSA) is 67.2 Å². The number of urea groups is 1. The normalized spacial score (nSPS) is 9.33. The molecule has 5 heteroatoms. The van der Waals surface area contributed by atoms with E-state index in [2.05, 4.69) is 19.2 Å². The maximum absolute atomic E-state index is 10.9. The molecule has 0 fully saturated rings. The van der Waals surface area contributed by atoms with E-state index in [1.54, 1.807) is 0 Å². The molecule has 0 radical (unpaired) electrons. The molecular formula is C10H16ClN3O. The molecule has 0 aromatic heterocycles. The van der Waals surface area contributed by atoms with Gasteiger partial charge in [-0.2, -0.15) is 0 Å². The Bertz CT molecular complexity index is 311. The number of benzene rings is 1. The molecule has 0 aliphatic rings. The molecule has 0 heterocycles. The zero-order valence-electron chi connectivity index (χ0n) is 8.78. The number of hydrogen-bond acceptors (Lipinski definition) is 2. The number of rotatable bonds is 2. The fourth-order valence-corrected chi connectivity index (χ4v) is 1.12. The number of hydrazine groups is 1. The van der Waals surface area contributed by atoms with E-state index in [1.807, 2.05) is 29.7 Å². The molecule has 15 heavy (non-hydrogen) atoms. The third-order valence-corrected chi connectivity index (χ3v) is 1.97. The smallest absolute Gasteiger partial charge is 0.307 e. The highest BCUT2D eigenvalue weighted by Gasteiger charge is 2.00. The summed E-state index contributed by atoms with van der Waals surface area (Å²) in [6.45, 7) is 4.24. The Labute approximate surface area is 95.6 Å². The lowest BCUT2D eigenvalue weighted by atomic mass is 10.0. The Hall–Kier alpha value is -1.26. The van der Waals surface area contributed by atoms with Crippen molar-refractivity contribution in [3.8, 4) is 0 Å². The van der Waals surface area contributed by atoms with Crippen molar-refractivity contribution in [1.29, 1.82) is 0 Å². The summed E-state index contributed by atoms with van der Waals surface area (Å²) in [6.07, 6.45) is 0. The fraction of sp³-hybridized carbons (Fsp3) is 0.300. The average molecular weight is 230 g/mol. The lowest BCUT2D eigenvalue weighted by Gasteiger charge is -2.07. The fourth-order valence-electron chi connectivity index (χ4n) is 1.12. The SMILES string of the molecule is CC(C)c1ccc(NC(=O)NN)cc1.Cl. The average Bonchev–Trinajstić information content (AvgIpc) is 2.18. The first-order valence-electron chi connectivity index (χ1n) is 4.51. The third-order valence-electron chi connectivity index (χ3n) is 1.97. The second-order valence-corrected chi connectivity index (χ2v) is 3.38. The van der Waals surface area contributed by atoms with Gasteiger partial charge < -0.3 is 5.32 Å². The van der Waals surface area contributed by atoms with Gasteiger partial charge >= 0.3 is 6.03 Å². The van der Waals surface area contributed by atoms with Crippen LogP contribution in [-0.2, 0) is 0 Å². The van der Waals surface area contributed by atoms with Gasteiger partial charge in [-0.05, 0) is 23.6 Å². The summed E-state index contributed by atoms with van der Waals surface area (Å²) < 4.78 is 0. The van der Waals surface area contributed by atoms with Crippen molar-refractivity contribution in [1.82, 2.24) is 5.43 Å². The van der Waals surface area contributed by atoms with Crippen molar-refractivity contribution in [3.63, 3.8) is 0 Å². The first-order valence-corrected chi connectivity index (χ1v) is 4.51. The molecule has 1 aromatic rings. The van der Waals surface area contributed by atoms with Crippen LogP contribution in [0.4, 0.5) is 10.5 Å². The number of carbonyl (C=O) groups excluding carboxylic acids is 1. The Morgan fingerprint density at radius 2 is 1.80 bits per heavy atom. The molecule has 0 aliphatic carbocycles. The van der Waals surface area contributed by atoms with Crippen molar-refractivity contribution in [2.45, 2.75) is 19.8 Å². The molecule has 0 unspecified atom stereocenters. The van der Waals surface area contributed by atoms with Crippen molar-refractivity contribution < 1.29 is 4.79 Å². The zero-order chi connectivity index (χ0) is 10.6. The van der Waals surface area contributed by atoms with Crippen LogP contribution in [0.25, 0.3) is 0 Å². The van der Waals surface area contributed by atoms with Gasteiger partial charge in [-0.1, -0.05) is 26.0 Å². The van der Waals surface area contributed by atoms with E-state index < -0.39 is 6.03 Å². The van der Waals surface area contributed by atoms with E-state index >= 15 is 0 Å². The quantitative estimate of drug-likeness (QED) is 0.414. The molecule has 4 N–H and O–H groups in total. The van der Waals surface area contributed by atoms with Crippen LogP contribution < -0.4 is 16.6 Å². The summed E-state index contributed by atoms with van der Waals surface area (Å²) in [5, 5.41) is 2.58. The van der Waals surface area contributed by atoms with Gasteiger partial charge in [0.15, 0.2) is 0 Å². The van der Waals surface area contributed by atoms with Crippen molar-refractivity contribution in [2.24, 2.45) is 5.84 Å². The summed E-state index contributed by atoms with van der Waals surface area (Å²) in [4.78, 5) is 10.9. The summed E-state index contributed by atoms with van der Waals surface area (Å²) >= 11 is 0. The maximum Gasteiger partial charge on any atom is 0.333 e. The van der Waals surface area contributed by atoms with Crippen molar-refractivity contribution in [3.05, 3.63) is 29.8 Å². The lowest BCUT2D eigenvalue weighted by Crippen LogP contribution is -2.34. The Morgan fingerprint density at radius 3 is 2.20 bits per heavy atom. The zero-order valence-corrected chi connectivity index (χ0v) is 9.60. The highest BCUT2D eigenvalue weighted by molar-refractivity contribution is 5.88. The minimum atomic E-state index is -0.415. The number of nitrogens with one attached hydrogen (secondary N) is 2. The van der Waals surface area contributed by atoms with Crippen LogP contribution in [0.15, 0.2) is 24.3 Å². The van der Waals surface area contributed by atoms with Crippen LogP contribution in [-0.4, -0.2) is 6.03 Å². The standard InChI is InChI=1S/C10H15N3O.ClH/c1-7(2)8-3-5-9(6-4-8)12-10(14)13-11;/h3-7H,11H2,1-2H3,(H2,12,13,14);1H. The lowest BCUT2D eigenvalue weighted by molar-refractivity contribution is 0.252. The van der Waals surface area contributed by atoms with Crippen LogP contribution in [0, 0.1) is 0 Å². The Balaban J connectivity index is 0.00000196. The molecule has 0 saturated carbocycles. The molecular weight excluding hydrogens is 214 g/mol. The second kappa shape index (κ2) is 6.27. The van der Waals surface area contributed by atoms with E-state index in [-0.39, 0.29) is 12.4 Å². The number of hydrogen-bond donors (Lipinski definition) is 3. The van der Waals surface area contributed by atoms with Crippen LogP contribution in [0.5, 0.6) is 0 Å². The minimum absolute atomic E-state index is 0. The van der Waals surface area contributed by atoms with Gasteiger partial charge in [0, 0.05) is 5.69 Å². The van der Waals surface area contributed by atoms with Crippen LogP contribution >= 0.6 is 12.4 Å². The largest absolute Gasteiger partial charge is 0.333 e. The summed E-state index contributed by atoms with van der Waals surface area (Å²) in [7, 11) is 0. The van der Waals surface area contributed by atoms with Gasteiger partial charge in [0.1, 0.15) is 0 Å². The summed E-state index contributed by atoms with van der Waals surface area (Å²) in [6, 6.07) is 7.25. The minimum Gasteiger partial charge on any atom is -0.307 e. The first kappa shape index (κ1) is 13.7. The predicted molar refractivity (Wildman–Crippen MR) is 64.1 cm³/mol. The molecule has 84 valence electrons. The monoisotopic (exact) mass is 229 g/mol. The van der Waals surface area contributed by atoms with Gasteiger partial charge in [-0.3, -0.25) is 5.43 Å². The molecule has 2 amide bonds. The summed E-state index contributed by atoms with van der Waals surface area (Å²) in [5.41, 5.74) is 3.97. The number of nitrogens with two attached hydrogens (primary N) is 1. The van der Waals surface area contributed by atoms with Crippen LogP contribution in [0.1, 0.15) is 25.3 Å². The van der Waals surface area contributed by atoms with Crippen molar-refractivity contribution >= 4 is 24.1 Å². The van der Waals surface area contributed by atoms with Crippen LogP contribution in [0.2, 0.25) is 0 Å². The molecule has 0 spiro atoms. The Kier molecular flexibility index (Phi) is 5.74. The molecule has 0 aliphatic heterocycles. The Morgan fingerprint density at radius 1 is 1.27 bits per heavy atom. The van der Waals surface area contributed by atoms with Gasteiger partial charge in [-0.25, -0.2) is 10.6 Å². The maximum atomic E-state index is 10.9. The molecule has 1 aromatic carbocycles. The van der Waals surface area contributed by atoms with E-state index in [4.69, 9.17) is 5.84 Å². The molecule has 0 saturated heterocycles. The number of amides is 2. The van der Waals surface area contributed by atoms with E-state index in [0.717, 1.165) is 5.69 Å². The van der Waals surface area contributed by atoms with E-state index in [9.17, 15) is 4.79 Å². The highest BCUT2D eigenvalue weighted by Crippen LogP contribution is 2.16. The highest BCUT2D eigenvalue weighted by atomic mass is 35.5.